The van der Waals surface area contributed by atoms with Gasteiger partial charge < -0.3 is 0 Å². The van der Waals surface area contributed by atoms with Gasteiger partial charge in [-0.3, -0.25) is 4.79 Å². The van der Waals surface area contributed by atoms with Crippen LogP contribution in [-0.2, 0) is 11.2 Å². The highest BCUT2D eigenvalue weighted by atomic mass is 19.1. The van der Waals surface area contributed by atoms with Crippen molar-refractivity contribution in [1.29, 1.82) is 0 Å². The minimum atomic E-state index is -0.681. The predicted molar refractivity (Wildman–Crippen MR) is 65.4 cm³/mol. The van der Waals surface area contributed by atoms with E-state index in [0.29, 0.717) is 11.3 Å². The lowest BCUT2D eigenvalue weighted by Crippen LogP contribution is -2.16. The van der Waals surface area contributed by atoms with Crippen molar-refractivity contribution in [1.82, 2.24) is 9.78 Å². The van der Waals surface area contributed by atoms with Crippen LogP contribution in [0.3, 0.4) is 0 Å². The van der Waals surface area contributed by atoms with Crippen molar-refractivity contribution in [2.24, 2.45) is 0 Å². The predicted octanol–water partition coefficient (Wildman–Crippen LogP) is 2.48. The standard InChI is InChI=1S/C14H10F2N2O/c1-8-2-12-6-13(19)7-14(18(12)17-8)9-3-10(15)5-11(16)4-9/h2-5,7H,6H2,1H3. The molecule has 0 fully saturated rings. The average Bonchev–Trinajstić information content (AvgIpc) is 2.66. The van der Waals surface area contributed by atoms with Gasteiger partial charge in [-0.05, 0) is 25.1 Å². The second-order valence-corrected chi connectivity index (χ2v) is 4.52. The van der Waals surface area contributed by atoms with Crippen molar-refractivity contribution in [3.05, 3.63) is 58.9 Å². The second kappa shape index (κ2) is 4.12. The Hall–Kier alpha value is -2.30. The van der Waals surface area contributed by atoms with Gasteiger partial charge in [-0.1, -0.05) is 0 Å². The Morgan fingerprint density at radius 3 is 2.53 bits per heavy atom. The normalized spacial score (nSPS) is 14.3. The van der Waals surface area contributed by atoms with Crippen LogP contribution in [0.1, 0.15) is 17.0 Å². The van der Waals surface area contributed by atoms with Crippen molar-refractivity contribution in [3.63, 3.8) is 0 Å². The van der Waals surface area contributed by atoms with Crippen molar-refractivity contribution < 1.29 is 13.6 Å². The maximum Gasteiger partial charge on any atom is 0.163 e. The van der Waals surface area contributed by atoms with E-state index < -0.39 is 11.6 Å². The average molecular weight is 260 g/mol. The molecular formula is C14H10F2N2O. The highest BCUT2D eigenvalue weighted by molar-refractivity contribution is 5.99. The molecule has 5 heteroatoms. The van der Waals surface area contributed by atoms with Crippen molar-refractivity contribution in [3.8, 4) is 0 Å². The molecule has 0 radical (unpaired) electrons. The summed E-state index contributed by atoms with van der Waals surface area (Å²) in [6, 6.07) is 4.97. The number of halogens is 2. The Labute approximate surface area is 108 Å². The molecule has 0 unspecified atom stereocenters. The highest BCUT2D eigenvalue weighted by Crippen LogP contribution is 2.25. The van der Waals surface area contributed by atoms with Crippen LogP contribution in [0.5, 0.6) is 0 Å². The molecule has 0 spiro atoms. The lowest BCUT2D eigenvalue weighted by molar-refractivity contribution is -0.114. The molecule has 0 bridgehead atoms. The van der Waals surface area contributed by atoms with Gasteiger partial charge in [-0.2, -0.15) is 5.10 Å². The zero-order valence-corrected chi connectivity index (χ0v) is 10.2. The number of hydrogen-bond acceptors (Lipinski definition) is 2. The summed E-state index contributed by atoms with van der Waals surface area (Å²) in [5, 5.41) is 4.25. The number of ketones is 1. The molecule has 1 aliphatic rings. The topological polar surface area (TPSA) is 34.9 Å². The Morgan fingerprint density at radius 2 is 1.84 bits per heavy atom. The summed E-state index contributed by atoms with van der Waals surface area (Å²) in [5.41, 5.74) is 2.18. The fourth-order valence-corrected chi connectivity index (χ4v) is 2.24. The summed E-state index contributed by atoms with van der Waals surface area (Å²) in [4.78, 5) is 11.7. The zero-order chi connectivity index (χ0) is 13.6. The maximum atomic E-state index is 13.3. The van der Waals surface area contributed by atoms with E-state index >= 15 is 0 Å². The fraction of sp³-hybridized carbons (Fsp3) is 0.143. The molecule has 2 heterocycles. The molecule has 0 aliphatic carbocycles. The summed E-state index contributed by atoms with van der Waals surface area (Å²) in [6.07, 6.45) is 1.62. The van der Waals surface area contributed by atoms with Gasteiger partial charge in [0.15, 0.2) is 5.78 Å². The number of carbonyl (C=O) groups is 1. The molecular weight excluding hydrogens is 250 g/mol. The minimum Gasteiger partial charge on any atom is -0.294 e. The third kappa shape index (κ3) is 2.07. The van der Waals surface area contributed by atoms with Gasteiger partial charge in [0.1, 0.15) is 11.6 Å². The van der Waals surface area contributed by atoms with Crippen molar-refractivity contribution in [2.45, 2.75) is 13.3 Å². The molecule has 3 nitrogen and oxygen atoms in total. The van der Waals surface area contributed by atoms with E-state index in [0.717, 1.165) is 17.5 Å². The first-order valence-corrected chi connectivity index (χ1v) is 5.80. The third-order valence-corrected chi connectivity index (χ3v) is 2.94. The molecule has 0 amide bonds. The molecule has 3 rings (SSSR count). The molecule has 0 N–H and O–H groups in total. The van der Waals surface area contributed by atoms with Gasteiger partial charge in [0, 0.05) is 17.7 Å². The summed E-state index contributed by atoms with van der Waals surface area (Å²) < 4.78 is 28.1. The Kier molecular flexibility index (Phi) is 2.55. The molecule has 2 aromatic rings. The molecule has 96 valence electrons. The smallest absolute Gasteiger partial charge is 0.163 e. The van der Waals surface area contributed by atoms with Crippen LogP contribution in [0.4, 0.5) is 8.78 Å². The highest BCUT2D eigenvalue weighted by Gasteiger charge is 2.20. The van der Waals surface area contributed by atoms with Crippen molar-refractivity contribution in [2.75, 3.05) is 0 Å². The lowest BCUT2D eigenvalue weighted by Gasteiger charge is -2.15. The largest absolute Gasteiger partial charge is 0.294 e. The summed E-state index contributed by atoms with van der Waals surface area (Å²) in [7, 11) is 0. The van der Waals surface area contributed by atoms with Gasteiger partial charge in [0.25, 0.3) is 0 Å². The van der Waals surface area contributed by atoms with Crippen molar-refractivity contribution >= 4 is 11.5 Å². The van der Waals surface area contributed by atoms with E-state index in [1.807, 2.05) is 0 Å². The number of benzene rings is 1. The van der Waals surface area contributed by atoms with E-state index in [-0.39, 0.29) is 12.2 Å². The van der Waals surface area contributed by atoms with Crippen LogP contribution in [0.15, 0.2) is 30.3 Å². The Morgan fingerprint density at radius 1 is 1.16 bits per heavy atom. The van der Waals surface area contributed by atoms with Crippen LogP contribution in [0, 0.1) is 18.6 Å². The molecule has 19 heavy (non-hydrogen) atoms. The van der Waals surface area contributed by atoms with Crippen LogP contribution >= 0.6 is 0 Å². The fourth-order valence-electron chi connectivity index (χ4n) is 2.24. The summed E-state index contributed by atoms with van der Waals surface area (Å²) >= 11 is 0. The Bertz CT molecular complexity index is 696. The first-order valence-electron chi connectivity index (χ1n) is 5.80. The van der Waals surface area contributed by atoms with Gasteiger partial charge in [-0.25, -0.2) is 13.5 Å². The second-order valence-electron chi connectivity index (χ2n) is 4.52. The number of aromatic nitrogens is 2. The monoisotopic (exact) mass is 260 g/mol. The quantitative estimate of drug-likeness (QED) is 0.789. The van der Waals surface area contributed by atoms with Gasteiger partial charge in [0.05, 0.1) is 23.5 Å². The maximum absolute atomic E-state index is 13.3. The summed E-state index contributed by atoms with van der Waals surface area (Å²) in [5.74, 6) is -1.47. The third-order valence-electron chi connectivity index (χ3n) is 2.94. The molecule has 0 saturated carbocycles. The lowest BCUT2D eigenvalue weighted by atomic mass is 10.0. The van der Waals surface area contributed by atoms with Crippen LogP contribution in [-0.4, -0.2) is 15.6 Å². The van der Waals surface area contributed by atoms with Crippen LogP contribution in [0.25, 0.3) is 5.70 Å². The molecule has 1 aromatic carbocycles. The Balaban J connectivity index is 2.20. The molecule has 0 atom stereocenters. The van der Waals surface area contributed by atoms with Gasteiger partial charge in [0.2, 0.25) is 0 Å². The number of fused-ring (bicyclic) bond motifs is 1. The number of rotatable bonds is 1. The molecule has 0 saturated heterocycles. The number of carbonyl (C=O) groups excluding carboxylic acids is 1. The van der Waals surface area contributed by atoms with E-state index in [1.54, 1.807) is 17.7 Å². The SMILES string of the molecule is Cc1cc2n(n1)C(c1cc(F)cc(F)c1)=CC(=O)C2. The number of aryl methyl sites for hydroxylation is 1. The molecule has 1 aliphatic heterocycles. The van der Waals surface area contributed by atoms with E-state index in [4.69, 9.17) is 0 Å². The van der Waals surface area contributed by atoms with E-state index in [9.17, 15) is 13.6 Å². The van der Waals surface area contributed by atoms with Gasteiger partial charge >= 0.3 is 0 Å². The van der Waals surface area contributed by atoms with Crippen LogP contribution in [0.2, 0.25) is 0 Å². The minimum absolute atomic E-state index is 0.105. The van der Waals surface area contributed by atoms with E-state index in [2.05, 4.69) is 5.10 Å². The van der Waals surface area contributed by atoms with Gasteiger partial charge in [-0.15, -0.1) is 0 Å². The first kappa shape index (κ1) is 11.8. The van der Waals surface area contributed by atoms with Crippen LogP contribution < -0.4 is 0 Å². The van der Waals surface area contributed by atoms with E-state index in [1.165, 1.54) is 18.2 Å². The summed E-state index contributed by atoms with van der Waals surface area (Å²) in [6.45, 7) is 1.81. The first-order chi connectivity index (χ1) is 9.02. The molecule has 1 aromatic heterocycles. The zero-order valence-electron chi connectivity index (χ0n) is 10.2. The number of hydrogen-bond donors (Lipinski definition) is 0. The number of nitrogens with zero attached hydrogens (tertiary/aromatic N) is 2. The number of allylic oxidation sites excluding steroid dienone is 1.